The molecule has 0 radical (unpaired) electrons. The summed E-state index contributed by atoms with van der Waals surface area (Å²) < 4.78 is 18.9. The van der Waals surface area contributed by atoms with E-state index >= 15 is 0 Å². The highest BCUT2D eigenvalue weighted by Crippen LogP contribution is 2.25. The van der Waals surface area contributed by atoms with Gasteiger partial charge in [-0.25, -0.2) is 9.37 Å². The van der Waals surface area contributed by atoms with Gasteiger partial charge in [0, 0.05) is 29.1 Å². The van der Waals surface area contributed by atoms with Crippen LogP contribution in [0.1, 0.15) is 10.4 Å². The molecular weight excluding hydrogens is 321 g/mol. The molecule has 4 rings (SSSR count). The number of nitrogens with zero attached hydrogens (tertiary/aromatic N) is 2. The molecule has 122 valence electrons. The quantitative estimate of drug-likeness (QED) is 0.607. The maximum Gasteiger partial charge on any atom is 0.255 e. The first-order chi connectivity index (χ1) is 12.2. The van der Waals surface area contributed by atoms with E-state index in [9.17, 15) is 9.18 Å². The number of amides is 1. The number of halogens is 1. The lowest BCUT2D eigenvalue weighted by atomic mass is 10.1. The average Bonchev–Trinajstić information content (AvgIpc) is 3.06. The lowest BCUT2D eigenvalue weighted by Gasteiger charge is -2.06. The Balaban J connectivity index is 1.62. The third kappa shape index (κ3) is 3.10. The van der Waals surface area contributed by atoms with Crippen LogP contribution in [0.25, 0.3) is 22.6 Å². The number of rotatable bonds is 3. The van der Waals surface area contributed by atoms with E-state index in [0.29, 0.717) is 28.2 Å². The van der Waals surface area contributed by atoms with Crippen LogP contribution in [0.2, 0.25) is 0 Å². The summed E-state index contributed by atoms with van der Waals surface area (Å²) in [5, 5.41) is 2.74. The van der Waals surface area contributed by atoms with Crippen LogP contribution in [0.15, 0.2) is 71.4 Å². The Labute approximate surface area is 142 Å². The third-order valence-electron chi connectivity index (χ3n) is 3.64. The van der Waals surface area contributed by atoms with E-state index in [-0.39, 0.29) is 5.56 Å². The summed E-state index contributed by atoms with van der Waals surface area (Å²) in [4.78, 5) is 20.6. The number of carbonyl (C=O) groups is 1. The average molecular weight is 333 g/mol. The number of pyridine rings is 1. The number of nitrogens with one attached hydrogen (secondary N) is 1. The van der Waals surface area contributed by atoms with E-state index in [2.05, 4.69) is 15.3 Å². The molecule has 0 aliphatic carbocycles. The van der Waals surface area contributed by atoms with Gasteiger partial charge in [-0.2, -0.15) is 0 Å². The Bertz CT molecular complexity index is 1040. The number of oxazole rings is 1. The van der Waals surface area contributed by atoms with Crippen molar-refractivity contribution in [2.45, 2.75) is 0 Å². The molecule has 2 heterocycles. The van der Waals surface area contributed by atoms with Gasteiger partial charge < -0.3 is 9.73 Å². The molecule has 0 bridgehead atoms. The molecule has 0 saturated heterocycles. The van der Waals surface area contributed by atoms with E-state index in [4.69, 9.17) is 4.42 Å². The Morgan fingerprint density at radius 3 is 2.80 bits per heavy atom. The van der Waals surface area contributed by atoms with Gasteiger partial charge >= 0.3 is 0 Å². The monoisotopic (exact) mass is 333 g/mol. The number of fused-ring (bicyclic) bond motifs is 1. The molecule has 0 spiro atoms. The van der Waals surface area contributed by atoms with Gasteiger partial charge in [-0.1, -0.05) is 12.1 Å². The standard InChI is InChI=1S/C19H12FN3O2/c20-14-5-1-3-12(9-14)18(24)22-15-6-2-4-13(10-15)19-23-16-11-21-8-7-17(16)25-19/h1-11H,(H,22,24). The van der Waals surface area contributed by atoms with Gasteiger partial charge in [-0.15, -0.1) is 0 Å². The van der Waals surface area contributed by atoms with E-state index in [1.807, 2.05) is 6.07 Å². The summed E-state index contributed by atoms with van der Waals surface area (Å²) in [6, 6.07) is 14.4. The molecule has 0 saturated carbocycles. The number of benzene rings is 2. The van der Waals surface area contributed by atoms with Crippen LogP contribution in [0.4, 0.5) is 10.1 Å². The molecule has 0 aliphatic rings. The molecule has 2 aromatic carbocycles. The van der Waals surface area contributed by atoms with Gasteiger partial charge in [0.15, 0.2) is 5.58 Å². The fraction of sp³-hybridized carbons (Fsp3) is 0. The van der Waals surface area contributed by atoms with Crippen molar-refractivity contribution in [2.75, 3.05) is 5.32 Å². The Morgan fingerprint density at radius 2 is 1.96 bits per heavy atom. The molecule has 2 aromatic heterocycles. The molecule has 25 heavy (non-hydrogen) atoms. The largest absolute Gasteiger partial charge is 0.436 e. The first-order valence-electron chi connectivity index (χ1n) is 7.57. The van der Waals surface area contributed by atoms with Crippen molar-refractivity contribution in [3.63, 3.8) is 0 Å². The van der Waals surface area contributed by atoms with Gasteiger partial charge in [0.1, 0.15) is 11.3 Å². The second kappa shape index (κ2) is 6.16. The van der Waals surface area contributed by atoms with Crippen LogP contribution in [-0.2, 0) is 0 Å². The zero-order valence-corrected chi connectivity index (χ0v) is 12.9. The number of anilines is 1. The van der Waals surface area contributed by atoms with Crippen LogP contribution in [0.5, 0.6) is 0 Å². The molecular formula is C19H12FN3O2. The van der Waals surface area contributed by atoms with E-state index in [0.717, 1.165) is 0 Å². The molecule has 0 atom stereocenters. The first kappa shape index (κ1) is 15.0. The Kier molecular flexibility index (Phi) is 3.70. The van der Waals surface area contributed by atoms with Crippen LogP contribution in [0.3, 0.4) is 0 Å². The summed E-state index contributed by atoms with van der Waals surface area (Å²) in [7, 11) is 0. The SMILES string of the molecule is O=C(Nc1cccc(-c2nc3cnccc3o2)c1)c1cccc(F)c1. The van der Waals surface area contributed by atoms with Crippen LogP contribution in [0, 0.1) is 5.82 Å². The number of aromatic nitrogens is 2. The van der Waals surface area contributed by atoms with Crippen molar-refractivity contribution in [1.82, 2.24) is 9.97 Å². The van der Waals surface area contributed by atoms with Gasteiger partial charge in [0.2, 0.25) is 5.89 Å². The zero-order valence-electron chi connectivity index (χ0n) is 12.9. The fourth-order valence-electron chi connectivity index (χ4n) is 2.47. The van der Waals surface area contributed by atoms with Crippen molar-refractivity contribution >= 4 is 22.7 Å². The second-order valence-corrected chi connectivity index (χ2v) is 5.41. The molecule has 6 heteroatoms. The second-order valence-electron chi connectivity index (χ2n) is 5.41. The van der Waals surface area contributed by atoms with Crippen LogP contribution >= 0.6 is 0 Å². The number of hydrogen-bond acceptors (Lipinski definition) is 4. The zero-order chi connectivity index (χ0) is 17.2. The fourth-order valence-corrected chi connectivity index (χ4v) is 2.47. The summed E-state index contributed by atoms with van der Waals surface area (Å²) in [5.41, 5.74) is 2.82. The van der Waals surface area contributed by atoms with Crippen molar-refractivity contribution in [2.24, 2.45) is 0 Å². The van der Waals surface area contributed by atoms with Crippen LogP contribution in [-0.4, -0.2) is 15.9 Å². The summed E-state index contributed by atoms with van der Waals surface area (Å²) >= 11 is 0. The highest BCUT2D eigenvalue weighted by atomic mass is 19.1. The van der Waals surface area contributed by atoms with Gasteiger partial charge in [-0.3, -0.25) is 9.78 Å². The van der Waals surface area contributed by atoms with E-state index in [1.54, 1.807) is 42.7 Å². The summed E-state index contributed by atoms with van der Waals surface area (Å²) in [6.45, 7) is 0. The predicted octanol–water partition coefficient (Wildman–Crippen LogP) is 4.28. The van der Waals surface area contributed by atoms with Gasteiger partial charge in [-0.05, 0) is 36.4 Å². The molecule has 0 aliphatic heterocycles. The molecule has 1 N–H and O–H groups in total. The highest BCUT2D eigenvalue weighted by Gasteiger charge is 2.11. The first-order valence-corrected chi connectivity index (χ1v) is 7.57. The maximum atomic E-state index is 13.2. The number of carbonyl (C=O) groups excluding carboxylic acids is 1. The van der Waals surface area contributed by atoms with Crippen LogP contribution < -0.4 is 5.32 Å². The van der Waals surface area contributed by atoms with Gasteiger partial charge in [0.05, 0.1) is 6.20 Å². The van der Waals surface area contributed by atoms with Crippen molar-refractivity contribution in [3.05, 3.63) is 78.4 Å². The minimum atomic E-state index is -0.457. The molecule has 1 amide bonds. The normalized spacial score (nSPS) is 10.8. The smallest absolute Gasteiger partial charge is 0.255 e. The maximum absolute atomic E-state index is 13.2. The van der Waals surface area contributed by atoms with Gasteiger partial charge in [0.25, 0.3) is 5.91 Å². The molecule has 0 unspecified atom stereocenters. The predicted molar refractivity (Wildman–Crippen MR) is 91.6 cm³/mol. The Morgan fingerprint density at radius 1 is 1.08 bits per heavy atom. The third-order valence-corrected chi connectivity index (χ3v) is 3.64. The molecule has 4 aromatic rings. The highest BCUT2D eigenvalue weighted by molar-refractivity contribution is 6.04. The van der Waals surface area contributed by atoms with Crippen molar-refractivity contribution < 1.29 is 13.6 Å². The molecule has 5 nitrogen and oxygen atoms in total. The molecule has 0 fully saturated rings. The number of hydrogen-bond donors (Lipinski definition) is 1. The lowest BCUT2D eigenvalue weighted by molar-refractivity contribution is 0.102. The van der Waals surface area contributed by atoms with E-state index < -0.39 is 11.7 Å². The minimum Gasteiger partial charge on any atom is -0.436 e. The van der Waals surface area contributed by atoms with E-state index in [1.165, 1.54) is 18.2 Å². The summed E-state index contributed by atoms with van der Waals surface area (Å²) in [6.07, 6.45) is 3.25. The van der Waals surface area contributed by atoms with Crippen molar-refractivity contribution in [3.8, 4) is 11.5 Å². The van der Waals surface area contributed by atoms with Crippen molar-refractivity contribution in [1.29, 1.82) is 0 Å². The minimum absolute atomic E-state index is 0.248. The summed E-state index contributed by atoms with van der Waals surface area (Å²) in [5.74, 6) is -0.412. The Hall–Kier alpha value is -3.54. The lowest BCUT2D eigenvalue weighted by Crippen LogP contribution is -2.12. The topological polar surface area (TPSA) is 68.0 Å².